The number of para-hydroxylation sites is 1. The van der Waals surface area contributed by atoms with Crippen LogP contribution in [0.4, 0.5) is 0 Å². The number of aromatic nitrogens is 4. The summed E-state index contributed by atoms with van der Waals surface area (Å²) in [5.74, 6) is -0.881. The van der Waals surface area contributed by atoms with Crippen LogP contribution < -0.4 is 5.56 Å². The number of pyridine rings is 3. The molecule has 6 aromatic rings. The molecule has 292 valence electrons. The SMILES string of the molecule is CCC1(O)C(=O)OCc2c1cc1n(c2=O)Cc2cc3ccccc3nc2-1.COC12CC(COC(=O)c3cncc(Br)c3)CN(C)C1Cc1cn(C)c3cccc2c13. The summed E-state index contributed by atoms with van der Waals surface area (Å²) in [6, 6.07) is 20.0. The van der Waals surface area contributed by atoms with Gasteiger partial charge in [0.15, 0.2) is 5.60 Å². The predicted molar refractivity (Wildman–Crippen MR) is 217 cm³/mol. The van der Waals surface area contributed by atoms with Crippen LogP contribution in [-0.2, 0) is 56.8 Å². The van der Waals surface area contributed by atoms with Gasteiger partial charge < -0.3 is 28.5 Å². The lowest BCUT2D eigenvalue weighted by Crippen LogP contribution is -2.59. The van der Waals surface area contributed by atoms with Gasteiger partial charge in [0.25, 0.3) is 5.56 Å². The molecule has 1 fully saturated rings. The van der Waals surface area contributed by atoms with Gasteiger partial charge in [-0.25, -0.2) is 14.6 Å². The molecule has 3 aliphatic heterocycles. The number of rotatable bonds is 5. The number of nitrogens with zero attached hydrogens (tertiary/aromatic N) is 5. The second-order valence-electron chi connectivity index (χ2n) is 15.6. The molecular weight excluding hydrogens is 790 g/mol. The summed E-state index contributed by atoms with van der Waals surface area (Å²) in [7, 11) is 6.07. The van der Waals surface area contributed by atoms with Crippen molar-refractivity contribution in [3.8, 4) is 11.4 Å². The van der Waals surface area contributed by atoms with Gasteiger partial charge in [-0.15, -0.1) is 0 Å². The second kappa shape index (κ2) is 14.0. The maximum atomic E-state index is 13.0. The summed E-state index contributed by atoms with van der Waals surface area (Å²) in [4.78, 5) is 48.9. The molecule has 0 saturated carbocycles. The monoisotopic (exact) mass is 831 g/mol. The lowest BCUT2D eigenvalue weighted by molar-refractivity contribution is -0.172. The second-order valence-corrected chi connectivity index (χ2v) is 16.5. The third-order valence-electron chi connectivity index (χ3n) is 12.3. The molecule has 4 aromatic heterocycles. The Labute approximate surface area is 337 Å². The molecule has 57 heavy (non-hydrogen) atoms. The molecule has 13 heteroatoms. The summed E-state index contributed by atoms with van der Waals surface area (Å²) in [6.07, 6.45) is 7.34. The molecule has 1 saturated heterocycles. The Morgan fingerprint density at radius 2 is 1.88 bits per heavy atom. The number of esters is 2. The molecule has 1 N–H and O–H groups in total. The number of aryl methyl sites for hydroxylation is 1. The zero-order valence-corrected chi connectivity index (χ0v) is 33.7. The van der Waals surface area contributed by atoms with Crippen LogP contribution in [0.15, 0.2) is 88.5 Å². The van der Waals surface area contributed by atoms with Crippen molar-refractivity contribution in [1.82, 2.24) is 24.0 Å². The molecule has 0 radical (unpaired) electrons. The number of fused-ring (bicyclic) bond motifs is 7. The number of piperidine rings is 1. The smallest absolute Gasteiger partial charge is 0.343 e. The van der Waals surface area contributed by atoms with Crippen molar-refractivity contribution in [3.05, 3.63) is 127 Å². The highest BCUT2D eigenvalue weighted by Gasteiger charge is 2.52. The van der Waals surface area contributed by atoms with Crippen molar-refractivity contribution < 1.29 is 28.9 Å². The molecule has 10 rings (SSSR count). The largest absolute Gasteiger partial charge is 0.462 e. The minimum Gasteiger partial charge on any atom is -0.462 e. The topological polar surface area (TPSA) is 138 Å². The lowest BCUT2D eigenvalue weighted by Gasteiger charge is -2.53. The van der Waals surface area contributed by atoms with Crippen LogP contribution in [0.25, 0.3) is 33.2 Å². The van der Waals surface area contributed by atoms with Gasteiger partial charge in [-0.3, -0.25) is 14.7 Å². The van der Waals surface area contributed by atoms with Crippen LogP contribution in [0.2, 0.25) is 0 Å². The number of hydrogen-bond donors (Lipinski definition) is 1. The Balaban J connectivity index is 0.000000150. The molecule has 12 nitrogen and oxygen atoms in total. The van der Waals surface area contributed by atoms with E-state index in [2.05, 4.69) is 68.9 Å². The van der Waals surface area contributed by atoms with Crippen LogP contribution >= 0.6 is 15.9 Å². The Kier molecular flexibility index (Phi) is 9.19. The standard InChI is InChI=1S/C24H26BrN3O3.C20H16N2O4/c1-27-13-17-8-21-24(30-3,19-5-4-6-20(27)22(17)19)9-15(12-28(21)2)14-31-23(29)16-7-18(25)11-26-10-16;1-2-20(25)14-8-16-17-12(7-11-5-3-4-6-15(11)21-17)9-22(16)18(23)13(14)10-26-19(20)24/h4-7,10-11,13,15,21H,8-9,12,14H2,1-3H3;3-8,25H,2,9-10H2,1H3. The number of aliphatic hydroxyl groups is 1. The molecule has 4 unspecified atom stereocenters. The van der Waals surface area contributed by atoms with Crippen LogP contribution in [0, 0.1) is 5.92 Å². The number of carbonyl (C=O) groups excluding carboxylic acids is 2. The van der Waals surface area contributed by atoms with Crippen molar-refractivity contribution in [2.45, 2.75) is 56.6 Å². The van der Waals surface area contributed by atoms with Crippen molar-refractivity contribution >= 4 is 49.7 Å². The van der Waals surface area contributed by atoms with E-state index in [0.29, 0.717) is 35.5 Å². The van der Waals surface area contributed by atoms with Crippen LogP contribution in [0.5, 0.6) is 0 Å². The summed E-state index contributed by atoms with van der Waals surface area (Å²) in [6.45, 7) is 3.22. The van der Waals surface area contributed by atoms with Crippen molar-refractivity contribution in [3.63, 3.8) is 0 Å². The molecule has 0 bridgehead atoms. The molecule has 0 amide bonds. The van der Waals surface area contributed by atoms with Gasteiger partial charge >= 0.3 is 11.9 Å². The van der Waals surface area contributed by atoms with E-state index >= 15 is 0 Å². The average Bonchev–Trinajstić information content (AvgIpc) is 3.75. The zero-order valence-electron chi connectivity index (χ0n) is 32.1. The average molecular weight is 833 g/mol. The highest BCUT2D eigenvalue weighted by molar-refractivity contribution is 9.10. The minimum atomic E-state index is -1.79. The van der Waals surface area contributed by atoms with E-state index in [9.17, 15) is 19.5 Å². The number of cyclic esters (lactones) is 1. The summed E-state index contributed by atoms with van der Waals surface area (Å²) in [5.41, 5.74) is 5.71. The van der Waals surface area contributed by atoms with Crippen molar-refractivity contribution in [2.75, 3.05) is 27.3 Å². The van der Waals surface area contributed by atoms with Crippen LogP contribution in [0.1, 0.15) is 57.9 Å². The predicted octanol–water partition coefficient (Wildman–Crippen LogP) is 5.99. The first-order valence-electron chi connectivity index (χ1n) is 19.1. The normalized spacial score (nSPS) is 23.2. The van der Waals surface area contributed by atoms with Gasteiger partial charge in [0.2, 0.25) is 0 Å². The van der Waals surface area contributed by atoms with E-state index in [1.54, 1.807) is 29.8 Å². The lowest BCUT2D eigenvalue weighted by atomic mass is 9.69. The number of likely N-dealkylation sites (tertiary alicyclic amines) is 1. The number of carbonyl (C=O) groups is 2. The molecule has 4 atom stereocenters. The summed E-state index contributed by atoms with van der Waals surface area (Å²) < 4.78 is 21.7. The van der Waals surface area contributed by atoms with Crippen molar-refractivity contribution in [2.24, 2.45) is 13.0 Å². The third-order valence-corrected chi connectivity index (χ3v) is 12.8. The molecule has 1 aliphatic carbocycles. The Bertz CT molecular complexity index is 2690. The Morgan fingerprint density at radius 3 is 2.67 bits per heavy atom. The van der Waals surface area contributed by atoms with Gasteiger partial charge in [0.05, 0.1) is 41.2 Å². The summed E-state index contributed by atoms with van der Waals surface area (Å²) in [5, 5.41) is 13.2. The molecular formula is C44H42BrN5O7. The number of methoxy groups -OCH3 is 1. The fourth-order valence-electron chi connectivity index (χ4n) is 9.55. The van der Waals surface area contributed by atoms with Crippen molar-refractivity contribution in [1.29, 1.82) is 0 Å². The van der Waals surface area contributed by atoms with Crippen LogP contribution in [0.3, 0.4) is 0 Å². The van der Waals surface area contributed by atoms with Gasteiger partial charge in [0.1, 0.15) is 12.2 Å². The maximum Gasteiger partial charge on any atom is 0.343 e. The van der Waals surface area contributed by atoms with E-state index in [0.717, 1.165) is 46.0 Å². The van der Waals surface area contributed by atoms with Crippen LogP contribution in [-0.4, -0.2) is 74.4 Å². The first-order valence-corrected chi connectivity index (χ1v) is 19.9. The molecule has 2 aromatic carbocycles. The Hall–Kier alpha value is -5.21. The van der Waals surface area contributed by atoms with E-state index in [-0.39, 0.29) is 36.5 Å². The Morgan fingerprint density at radius 1 is 1.05 bits per heavy atom. The van der Waals surface area contributed by atoms with Gasteiger partial charge in [-0.05, 0) is 83.7 Å². The highest BCUT2D eigenvalue weighted by Crippen LogP contribution is 2.50. The fourth-order valence-corrected chi connectivity index (χ4v) is 9.92. The number of likely N-dealkylation sites (N-methyl/N-ethyl adjacent to an activating group) is 1. The third kappa shape index (κ3) is 5.93. The zero-order chi connectivity index (χ0) is 39.8. The van der Waals surface area contributed by atoms with E-state index in [1.165, 1.54) is 28.2 Å². The number of benzene rings is 2. The summed E-state index contributed by atoms with van der Waals surface area (Å²) >= 11 is 3.35. The first kappa shape index (κ1) is 37.4. The fraction of sp³-hybridized carbons (Fsp3) is 0.341. The van der Waals surface area contributed by atoms with Gasteiger partial charge in [-0.2, -0.15) is 0 Å². The number of hydrogen-bond acceptors (Lipinski definition) is 10. The number of ether oxygens (including phenoxy) is 3. The maximum absolute atomic E-state index is 13.0. The van der Waals surface area contributed by atoms with Gasteiger partial charge in [0, 0.05) is 83.1 Å². The first-order chi connectivity index (χ1) is 27.4. The van der Waals surface area contributed by atoms with E-state index < -0.39 is 17.2 Å². The minimum absolute atomic E-state index is 0.110. The molecule has 4 aliphatic rings. The van der Waals surface area contributed by atoms with Gasteiger partial charge in [-0.1, -0.05) is 37.3 Å². The number of halogens is 1. The quantitative estimate of drug-likeness (QED) is 0.206. The molecule has 0 spiro atoms. The van der Waals surface area contributed by atoms with E-state index in [4.69, 9.17) is 19.2 Å². The highest BCUT2D eigenvalue weighted by atomic mass is 79.9. The van der Waals surface area contributed by atoms with E-state index in [1.807, 2.05) is 37.4 Å². The molecule has 7 heterocycles.